The maximum atomic E-state index is 4.56. The Labute approximate surface area is 123 Å². The van der Waals surface area contributed by atoms with Crippen molar-refractivity contribution in [1.82, 2.24) is 9.97 Å². The second-order valence-corrected chi connectivity index (χ2v) is 7.14. The summed E-state index contributed by atoms with van der Waals surface area (Å²) in [6, 6.07) is 8.19. The van der Waals surface area contributed by atoms with Crippen molar-refractivity contribution in [2.75, 3.05) is 5.75 Å². The Bertz CT molecular complexity index is 449. The van der Waals surface area contributed by atoms with E-state index in [2.05, 4.69) is 23.0 Å². The van der Waals surface area contributed by atoms with Crippen molar-refractivity contribution < 1.29 is 0 Å². The highest BCUT2D eigenvalue weighted by Gasteiger charge is 2.02. The van der Waals surface area contributed by atoms with Gasteiger partial charge in [0, 0.05) is 5.75 Å². The van der Waals surface area contributed by atoms with E-state index >= 15 is 0 Å². The van der Waals surface area contributed by atoms with Crippen molar-refractivity contribution in [3.63, 3.8) is 0 Å². The highest BCUT2D eigenvalue weighted by Crippen LogP contribution is 2.30. The van der Waals surface area contributed by atoms with Gasteiger partial charge in [0.2, 0.25) is 0 Å². The largest absolute Gasteiger partial charge is 0.332 e. The molecule has 1 aromatic heterocycles. The molecule has 0 atom stereocenters. The molecule has 1 aromatic carbocycles. The first-order valence-electron chi connectivity index (χ1n) is 7.14. The molecule has 0 spiro atoms. The molecule has 104 valence electrons. The van der Waals surface area contributed by atoms with Crippen LogP contribution < -0.4 is 0 Å². The average Bonchev–Trinajstić information content (AvgIpc) is 2.84. The summed E-state index contributed by atoms with van der Waals surface area (Å²) in [6.45, 7) is 2.26. The molecule has 0 aliphatic heterocycles. The molecule has 0 radical (unpaired) electrons. The number of benzene rings is 1. The third-order valence-corrected chi connectivity index (χ3v) is 5.34. The van der Waals surface area contributed by atoms with Crippen molar-refractivity contribution in [2.24, 2.45) is 0 Å². The zero-order valence-electron chi connectivity index (χ0n) is 11.5. The Kier molecular flexibility index (Phi) is 6.65. The molecule has 0 amide bonds. The molecule has 0 saturated heterocycles. The zero-order valence-corrected chi connectivity index (χ0v) is 13.2. The van der Waals surface area contributed by atoms with Crippen LogP contribution in [0.15, 0.2) is 29.4 Å². The fourth-order valence-corrected chi connectivity index (χ4v) is 3.99. The third-order valence-electron chi connectivity index (χ3n) is 3.09. The van der Waals surface area contributed by atoms with Gasteiger partial charge in [-0.3, -0.25) is 0 Å². The van der Waals surface area contributed by atoms with E-state index in [-0.39, 0.29) is 0 Å². The number of para-hydroxylation sites is 2. The highest BCUT2D eigenvalue weighted by atomic mass is 33.1. The highest BCUT2D eigenvalue weighted by molar-refractivity contribution is 8.76. The van der Waals surface area contributed by atoms with Gasteiger partial charge in [0.1, 0.15) is 0 Å². The summed E-state index contributed by atoms with van der Waals surface area (Å²) in [5.74, 6) is 1.22. The third kappa shape index (κ3) is 5.11. The normalized spacial score (nSPS) is 11.2. The van der Waals surface area contributed by atoms with Crippen LogP contribution >= 0.6 is 21.6 Å². The van der Waals surface area contributed by atoms with Crippen LogP contribution in [-0.2, 0) is 0 Å². The Balaban J connectivity index is 1.60. The molecule has 19 heavy (non-hydrogen) atoms. The van der Waals surface area contributed by atoms with Crippen molar-refractivity contribution in [2.45, 2.75) is 50.6 Å². The van der Waals surface area contributed by atoms with Gasteiger partial charge in [-0.15, -0.1) is 0 Å². The van der Waals surface area contributed by atoms with Crippen LogP contribution in [-0.4, -0.2) is 15.7 Å². The van der Waals surface area contributed by atoms with Gasteiger partial charge in [-0.25, -0.2) is 4.98 Å². The van der Waals surface area contributed by atoms with Crippen molar-refractivity contribution in [3.05, 3.63) is 24.3 Å². The van der Waals surface area contributed by atoms with E-state index in [1.165, 1.54) is 44.3 Å². The van der Waals surface area contributed by atoms with Crippen LogP contribution in [0.3, 0.4) is 0 Å². The van der Waals surface area contributed by atoms with Crippen molar-refractivity contribution in [1.29, 1.82) is 0 Å². The monoisotopic (exact) mass is 294 g/mol. The first kappa shape index (κ1) is 14.8. The lowest BCUT2D eigenvalue weighted by Gasteiger charge is -1.99. The number of imidazole rings is 1. The van der Waals surface area contributed by atoms with E-state index in [9.17, 15) is 0 Å². The summed E-state index contributed by atoms with van der Waals surface area (Å²) < 4.78 is 0. The van der Waals surface area contributed by atoms with Crippen LogP contribution in [0.4, 0.5) is 0 Å². The standard InChI is InChI=1S/C15H22N2S2/c1-2-3-4-5-6-9-12-18-19-15-16-13-10-7-8-11-14(13)17-15/h7-8,10-11H,2-6,9,12H2,1H3,(H,16,17). The first-order chi connectivity index (χ1) is 9.40. The van der Waals surface area contributed by atoms with Gasteiger partial charge in [0.25, 0.3) is 0 Å². The Hall–Kier alpha value is -0.610. The van der Waals surface area contributed by atoms with E-state index in [1.807, 2.05) is 29.0 Å². The van der Waals surface area contributed by atoms with Gasteiger partial charge < -0.3 is 4.98 Å². The minimum Gasteiger partial charge on any atom is -0.332 e. The van der Waals surface area contributed by atoms with Crippen LogP contribution in [0.2, 0.25) is 0 Å². The number of nitrogens with one attached hydrogen (secondary N) is 1. The number of hydrogen-bond acceptors (Lipinski definition) is 3. The average molecular weight is 294 g/mol. The fourth-order valence-electron chi connectivity index (χ4n) is 2.01. The number of aromatic amines is 1. The second kappa shape index (κ2) is 8.54. The van der Waals surface area contributed by atoms with Gasteiger partial charge in [-0.2, -0.15) is 0 Å². The number of unbranched alkanes of at least 4 members (excludes halogenated alkanes) is 5. The number of fused-ring (bicyclic) bond motifs is 1. The number of H-pyrrole nitrogens is 1. The van der Waals surface area contributed by atoms with Crippen LogP contribution in [0.25, 0.3) is 11.0 Å². The summed E-state index contributed by atoms with van der Waals surface area (Å²) in [6.07, 6.45) is 8.20. The van der Waals surface area contributed by atoms with Gasteiger partial charge in [0.05, 0.1) is 11.0 Å². The molecule has 2 nitrogen and oxygen atoms in total. The molecule has 4 heteroatoms. The molecule has 0 saturated carbocycles. The van der Waals surface area contributed by atoms with Gasteiger partial charge in [-0.1, -0.05) is 62.0 Å². The summed E-state index contributed by atoms with van der Waals surface area (Å²) in [5, 5.41) is 1.03. The minimum atomic E-state index is 1.03. The predicted molar refractivity (Wildman–Crippen MR) is 87.8 cm³/mol. The Morgan fingerprint density at radius 3 is 2.68 bits per heavy atom. The van der Waals surface area contributed by atoms with Gasteiger partial charge in [0.15, 0.2) is 5.16 Å². The first-order valence-corrected chi connectivity index (χ1v) is 9.46. The number of hydrogen-bond donors (Lipinski definition) is 1. The molecule has 1 heterocycles. The maximum absolute atomic E-state index is 4.56. The predicted octanol–water partition coefficient (Wildman–Crippen LogP) is 5.66. The topological polar surface area (TPSA) is 28.7 Å². The summed E-state index contributed by atoms with van der Waals surface area (Å²) in [5.41, 5.74) is 2.19. The smallest absolute Gasteiger partial charge is 0.177 e. The summed E-state index contributed by atoms with van der Waals surface area (Å²) in [7, 11) is 3.67. The molecular weight excluding hydrogens is 272 g/mol. The molecule has 0 aliphatic carbocycles. The number of aromatic nitrogens is 2. The van der Waals surface area contributed by atoms with Crippen molar-refractivity contribution >= 4 is 32.6 Å². The molecular formula is C15H22N2S2. The SMILES string of the molecule is CCCCCCCCSSc1nc2ccccc2[nH]1. The minimum absolute atomic E-state index is 1.03. The molecule has 0 unspecified atom stereocenters. The van der Waals surface area contributed by atoms with Crippen molar-refractivity contribution in [3.8, 4) is 0 Å². The van der Waals surface area contributed by atoms with E-state index in [1.54, 1.807) is 10.8 Å². The molecule has 0 aliphatic rings. The molecule has 2 rings (SSSR count). The van der Waals surface area contributed by atoms with E-state index in [0.29, 0.717) is 0 Å². The molecule has 0 bridgehead atoms. The van der Waals surface area contributed by atoms with E-state index < -0.39 is 0 Å². The lowest BCUT2D eigenvalue weighted by Crippen LogP contribution is -1.81. The quantitative estimate of drug-likeness (QED) is 0.477. The number of nitrogens with zero attached hydrogens (tertiary/aromatic N) is 1. The van der Waals surface area contributed by atoms with E-state index in [0.717, 1.165) is 16.2 Å². The Morgan fingerprint density at radius 1 is 1.05 bits per heavy atom. The second-order valence-electron chi connectivity index (χ2n) is 4.73. The zero-order chi connectivity index (χ0) is 13.3. The summed E-state index contributed by atoms with van der Waals surface area (Å²) >= 11 is 0. The lowest BCUT2D eigenvalue weighted by atomic mass is 10.1. The van der Waals surface area contributed by atoms with Gasteiger partial charge >= 0.3 is 0 Å². The van der Waals surface area contributed by atoms with E-state index in [4.69, 9.17) is 0 Å². The van der Waals surface area contributed by atoms with Gasteiger partial charge in [-0.05, 0) is 29.3 Å². The van der Waals surface area contributed by atoms with Crippen LogP contribution in [0, 0.1) is 0 Å². The van der Waals surface area contributed by atoms with Crippen LogP contribution in [0.5, 0.6) is 0 Å². The molecule has 0 fully saturated rings. The molecule has 2 aromatic rings. The van der Waals surface area contributed by atoms with Crippen LogP contribution in [0.1, 0.15) is 45.4 Å². The lowest BCUT2D eigenvalue weighted by molar-refractivity contribution is 0.627. The summed E-state index contributed by atoms with van der Waals surface area (Å²) in [4.78, 5) is 7.90. The fraction of sp³-hybridized carbons (Fsp3) is 0.533. The molecule has 1 N–H and O–H groups in total. The maximum Gasteiger partial charge on any atom is 0.177 e. The number of rotatable bonds is 9. The Morgan fingerprint density at radius 2 is 1.84 bits per heavy atom.